The van der Waals surface area contributed by atoms with E-state index in [1.165, 1.54) is 12.8 Å². The van der Waals surface area contributed by atoms with E-state index in [1.54, 1.807) is 12.4 Å². The minimum atomic E-state index is 0.264. The molecule has 0 spiro atoms. The Morgan fingerprint density at radius 2 is 1.69 bits per heavy atom. The first-order chi connectivity index (χ1) is 12.8. The monoisotopic (exact) mass is 352 g/mol. The maximum Gasteiger partial charge on any atom is 0.225 e. The van der Waals surface area contributed by atoms with E-state index < -0.39 is 0 Å². The first-order valence-electron chi connectivity index (χ1n) is 9.34. The molecule has 7 nitrogen and oxygen atoms in total. The number of hydrogen-bond acceptors (Lipinski definition) is 6. The van der Waals surface area contributed by atoms with Gasteiger partial charge in [0.15, 0.2) is 11.6 Å². The van der Waals surface area contributed by atoms with E-state index in [9.17, 15) is 4.79 Å². The number of nitrogens with one attached hydrogen (secondary N) is 1. The Hall–Kier alpha value is -2.70. The fraction of sp³-hybridized carbons (Fsp3) is 0.474. The van der Waals surface area contributed by atoms with Crippen molar-refractivity contribution >= 4 is 23.2 Å². The molecule has 1 amide bonds. The van der Waals surface area contributed by atoms with Gasteiger partial charge in [-0.1, -0.05) is 12.8 Å². The van der Waals surface area contributed by atoms with Crippen LogP contribution in [0.5, 0.6) is 0 Å². The molecule has 136 valence electrons. The maximum absolute atomic E-state index is 12.5. The summed E-state index contributed by atoms with van der Waals surface area (Å²) in [6, 6.07) is 7.68. The topological polar surface area (TPSA) is 74.2 Å². The van der Waals surface area contributed by atoms with Gasteiger partial charge in [-0.25, -0.2) is 0 Å². The highest BCUT2D eigenvalue weighted by Gasteiger charge is 2.29. The minimum Gasteiger partial charge on any atom is -0.352 e. The Labute approximate surface area is 153 Å². The van der Waals surface area contributed by atoms with E-state index in [1.807, 2.05) is 29.2 Å². The summed E-state index contributed by atoms with van der Waals surface area (Å²) in [6.45, 7) is 3.16. The van der Waals surface area contributed by atoms with E-state index in [0.717, 1.165) is 50.5 Å². The molecule has 1 saturated heterocycles. The molecule has 2 aromatic rings. The van der Waals surface area contributed by atoms with Gasteiger partial charge >= 0.3 is 0 Å². The van der Waals surface area contributed by atoms with Crippen molar-refractivity contribution in [1.82, 2.24) is 20.1 Å². The third kappa shape index (κ3) is 3.76. The highest BCUT2D eigenvalue weighted by molar-refractivity contribution is 5.79. The van der Waals surface area contributed by atoms with Crippen LogP contribution in [0.1, 0.15) is 25.7 Å². The minimum absolute atomic E-state index is 0.264. The summed E-state index contributed by atoms with van der Waals surface area (Å²) in [5.41, 5.74) is 0.932. The Bertz CT molecular complexity index is 721. The number of carbonyl (C=O) groups is 1. The molecule has 1 aliphatic heterocycles. The predicted octanol–water partition coefficient (Wildman–Crippen LogP) is 2.45. The van der Waals surface area contributed by atoms with Crippen molar-refractivity contribution in [2.45, 2.75) is 25.7 Å². The molecule has 0 atom stereocenters. The second-order valence-corrected chi connectivity index (χ2v) is 6.93. The van der Waals surface area contributed by atoms with Crippen LogP contribution in [0, 0.1) is 5.92 Å². The van der Waals surface area contributed by atoms with Gasteiger partial charge in [-0.05, 0) is 37.1 Å². The van der Waals surface area contributed by atoms with Gasteiger partial charge in [0.05, 0.1) is 0 Å². The number of nitrogens with zero attached hydrogens (tertiary/aromatic N) is 5. The van der Waals surface area contributed by atoms with E-state index in [4.69, 9.17) is 0 Å². The zero-order chi connectivity index (χ0) is 17.8. The van der Waals surface area contributed by atoms with Crippen molar-refractivity contribution in [1.29, 1.82) is 0 Å². The number of carbonyl (C=O) groups excluding carboxylic acids is 1. The Balaban J connectivity index is 1.32. The molecule has 2 fully saturated rings. The Morgan fingerprint density at radius 1 is 0.962 bits per heavy atom. The summed E-state index contributed by atoms with van der Waals surface area (Å²) in [5, 5.41) is 11.8. The van der Waals surface area contributed by atoms with Gasteiger partial charge in [0.25, 0.3) is 0 Å². The lowest BCUT2D eigenvalue weighted by molar-refractivity contribution is -0.135. The SMILES string of the molecule is O=C(C1CCCC1)N1CCN(c2ccc(Nc3ccncc3)nn2)CC1. The molecular weight excluding hydrogens is 328 g/mol. The van der Waals surface area contributed by atoms with Gasteiger partial charge in [-0.15, -0.1) is 10.2 Å². The van der Waals surface area contributed by atoms with Crippen LogP contribution in [-0.2, 0) is 4.79 Å². The number of piperazine rings is 1. The molecule has 0 unspecified atom stereocenters. The summed E-state index contributed by atoms with van der Waals surface area (Å²) < 4.78 is 0. The fourth-order valence-electron chi connectivity index (χ4n) is 3.73. The van der Waals surface area contributed by atoms with E-state index >= 15 is 0 Å². The molecule has 1 aliphatic carbocycles. The molecule has 0 bridgehead atoms. The third-order valence-electron chi connectivity index (χ3n) is 5.22. The summed E-state index contributed by atoms with van der Waals surface area (Å²) in [5.74, 6) is 2.18. The van der Waals surface area contributed by atoms with Gasteiger partial charge in [0.1, 0.15) is 0 Å². The zero-order valence-corrected chi connectivity index (χ0v) is 14.8. The highest BCUT2D eigenvalue weighted by atomic mass is 16.2. The maximum atomic E-state index is 12.5. The lowest BCUT2D eigenvalue weighted by Gasteiger charge is -2.36. The number of pyridine rings is 1. The summed E-state index contributed by atoms with van der Waals surface area (Å²) in [7, 11) is 0. The van der Waals surface area contributed by atoms with Crippen LogP contribution in [0.25, 0.3) is 0 Å². The molecule has 2 aliphatic rings. The quantitative estimate of drug-likeness (QED) is 0.911. The van der Waals surface area contributed by atoms with Crippen LogP contribution in [0.4, 0.5) is 17.3 Å². The second-order valence-electron chi connectivity index (χ2n) is 6.93. The van der Waals surface area contributed by atoms with Crippen LogP contribution in [0.3, 0.4) is 0 Å². The predicted molar refractivity (Wildman–Crippen MR) is 100 cm³/mol. The number of amides is 1. The largest absolute Gasteiger partial charge is 0.352 e. The van der Waals surface area contributed by atoms with Gasteiger partial charge in [-0.3, -0.25) is 9.78 Å². The van der Waals surface area contributed by atoms with Gasteiger partial charge in [0, 0.05) is 50.2 Å². The standard InChI is InChI=1S/C19H24N6O/c26-19(15-3-1-2-4-15)25-13-11-24(12-14-25)18-6-5-17(22-23-18)21-16-7-9-20-10-8-16/h5-10,15H,1-4,11-14H2,(H,20,21,22). The summed E-state index contributed by atoms with van der Waals surface area (Å²) in [4.78, 5) is 20.7. The van der Waals surface area contributed by atoms with Crippen LogP contribution < -0.4 is 10.2 Å². The van der Waals surface area contributed by atoms with Crippen molar-refractivity contribution in [2.75, 3.05) is 36.4 Å². The lowest BCUT2D eigenvalue weighted by atomic mass is 10.1. The van der Waals surface area contributed by atoms with Gasteiger partial charge in [0.2, 0.25) is 5.91 Å². The number of aromatic nitrogens is 3. The summed E-state index contributed by atoms with van der Waals surface area (Å²) in [6.07, 6.45) is 8.00. The smallest absolute Gasteiger partial charge is 0.225 e. The first kappa shape index (κ1) is 16.8. The van der Waals surface area contributed by atoms with E-state index in [-0.39, 0.29) is 5.92 Å². The molecule has 0 aromatic carbocycles. The van der Waals surface area contributed by atoms with Crippen LogP contribution in [0.15, 0.2) is 36.7 Å². The van der Waals surface area contributed by atoms with Crippen molar-refractivity contribution in [2.24, 2.45) is 5.92 Å². The number of rotatable bonds is 4. The van der Waals surface area contributed by atoms with Crippen molar-refractivity contribution < 1.29 is 4.79 Å². The normalized spacial score (nSPS) is 18.2. The molecule has 26 heavy (non-hydrogen) atoms. The van der Waals surface area contributed by atoms with Gasteiger partial charge in [-0.2, -0.15) is 0 Å². The molecule has 1 N–H and O–H groups in total. The average Bonchev–Trinajstić information content (AvgIpc) is 3.24. The third-order valence-corrected chi connectivity index (χ3v) is 5.22. The molecule has 1 saturated carbocycles. The lowest BCUT2D eigenvalue weighted by Crippen LogP contribution is -2.50. The molecule has 4 rings (SSSR count). The number of hydrogen-bond donors (Lipinski definition) is 1. The Morgan fingerprint density at radius 3 is 2.35 bits per heavy atom. The molecule has 7 heteroatoms. The fourth-order valence-corrected chi connectivity index (χ4v) is 3.73. The molecule has 3 heterocycles. The molecular formula is C19H24N6O. The van der Waals surface area contributed by atoms with Crippen molar-refractivity contribution in [3.63, 3.8) is 0 Å². The second kappa shape index (κ2) is 7.68. The number of anilines is 3. The first-order valence-corrected chi connectivity index (χ1v) is 9.34. The highest BCUT2D eigenvalue weighted by Crippen LogP contribution is 2.27. The molecule has 0 radical (unpaired) electrons. The van der Waals surface area contributed by atoms with Gasteiger partial charge < -0.3 is 15.1 Å². The Kier molecular flexibility index (Phi) is 4.95. The van der Waals surface area contributed by atoms with E-state index in [0.29, 0.717) is 11.7 Å². The van der Waals surface area contributed by atoms with Crippen LogP contribution in [0.2, 0.25) is 0 Å². The van der Waals surface area contributed by atoms with Crippen molar-refractivity contribution in [3.05, 3.63) is 36.7 Å². The summed E-state index contributed by atoms with van der Waals surface area (Å²) >= 11 is 0. The van der Waals surface area contributed by atoms with Crippen LogP contribution in [-0.4, -0.2) is 52.2 Å². The van der Waals surface area contributed by atoms with E-state index in [2.05, 4.69) is 25.4 Å². The molecule has 2 aromatic heterocycles. The zero-order valence-electron chi connectivity index (χ0n) is 14.8. The van der Waals surface area contributed by atoms with Crippen LogP contribution >= 0.6 is 0 Å². The van der Waals surface area contributed by atoms with Crippen molar-refractivity contribution in [3.8, 4) is 0 Å². The average molecular weight is 352 g/mol.